The third kappa shape index (κ3) is 5.10. The summed E-state index contributed by atoms with van der Waals surface area (Å²) < 4.78 is 52.4. The van der Waals surface area contributed by atoms with Gasteiger partial charge in [-0.05, 0) is 42.8 Å². The second-order valence-corrected chi connectivity index (χ2v) is 6.75. The lowest BCUT2D eigenvalue weighted by Crippen LogP contribution is -2.25. The van der Waals surface area contributed by atoms with Gasteiger partial charge in [-0.2, -0.15) is 0 Å². The van der Waals surface area contributed by atoms with E-state index in [4.69, 9.17) is 0 Å². The maximum atomic E-state index is 13.4. The molecule has 8 heteroatoms. The van der Waals surface area contributed by atoms with Gasteiger partial charge in [0.05, 0.1) is 10.6 Å². The van der Waals surface area contributed by atoms with Crippen molar-refractivity contribution in [2.24, 2.45) is 0 Å². The summed E-state index contributed by atoms with van der Waals surface area (Å²) in [6, 6.07) is 10.2. The first-order valence-electron chi connectivity index (χ1n) is 7.18. The third-order valence-electron chi connectivity index (χ3n) is 3.14. The summed E-state index contributed by atoms with van der Waals surface area (Å²) in [5.41, 5.74) is 0.0781. The van der Waals surface area contributed by atoms with Crippen LogP contribution >= 0.6 is 0 Å². The van der Waals surface area contributed by atoms with Crippen molar-refractivity contribution in [1.82, 2.24) is 4.72 Å². The molecule has 1 amide bonds. The van der Waals surface area contributed by atoms with E-state index < -0.39 is 27.6 Å². The highest BCUT2D eigenvalue weighted by Gasteiger charge is 2.13. The molecule has 2 aromatic carbocycles. The van der Waals surface area contributed by atoms with Gasteiger partial charge in [0.25, 0.3) is 0 Å². The second kappa shape index (κ2) is 7.98. The number of carbonyl (C=O) groups excluding carboxylic acids is 1. The van der Waals surface area contributed by atoms with Gasteiger partial charge in [-0.25, -0.2) is 21.9 Å². The molecule has 0 aromatic heterocycles. The number of nitrogens with one attached hydrogen (secondary N) is 2. The van der Waals surface area contributed by atoms with Crippen molar-refractivity contribution in [2.75, 3.05) is 11.9 Å². The lowest BCUT2D eigenvalue weighted by atomic mass is 10.2. The van der Waals surface area contributed by atoms with E-state index in [0.29, 0.717) is 0 Å². The number of anilines is 1. The molecule has 0 saturated heterocycles. The van der Waals surface area contributed by atoms with E-state index in [1.54, 1.807) is 6.07 Å². The van der Waals surface area contributed by atoms with Gasteiger partial charge in [0.1, 0.15) is 11.6 Å². The number of para-hydroxylation sites is 1. The monoisotopic (exact) mass is 354 g/mol. The molecule has 0 bridgehead atoms. The highest BCUT2D eigenvalue weighted by molar-refractivity contribution is 7.89. The zero-order chi connectivity index (χ0) is 17.6. The Bertz CT molecular complexity index is 808. The van der Waals surface area contributed by atoms with Crippen molar-refractivity contribution in [3.8, 4) is 0 Å². The largest absolute Gasteiger partial charge is 0.324 e. The molecule has 0 heterocycles. The first-order chi connectivity index (χ1) is 11.4. The Kier molecular flexibility index (Phi) is 5.99. The lowest BCUT2D eigenvalue weighted by molar-refractivity contribution is -0.116. The highest BCUT2D eigenvalue weighted by Crippen LogP contribution is 2.13. The van der Waals surface area contributed by atoms with Gasteiger partial charge < -0.3 is 5.32 Å². The third-order valence-corrected chi connectivity index (χ3v) is 4.62. The molecule has 24 heavy (non-hydrogen) atoms. The molecule has 0 aliphatic carbocycles. The summed E-state index contributed by atoms with van der Waals surface area (Å²) in [5, 5.41) is 2.41. The molecule has 0 saturated carbocycles. The van der Waals surface area contributed by atoms with Crippen LogP contribution in [0.2, 0.25) is 0 Å². The summed E-state index contributed by atoms with van der Waals surface area (Å²) in [6.07, 6.45) is 0.265. The zero-order valence-corrected chi connectivity index (χ0v) is 13.4. The Hall–Kier alpha value is -2.32. The Balaban J connectivity index is 1.79. The fraction of sp³-hybridized carbons (Fsp3) is 0.188. The van der Waals surface area contributed by atoms with Gasteiger partial charge in [-0.3, -0.25) is 4.79 Å². The quantitative estimate of drug-likeness (QED) is 0.751. The van der Waals surface area contributed by atoms with Gasteiger partial charge >= 0.3 is 0 Å². The maximum absolute atomic E-state index is 13.4. The molecule has 0 unspecified atom stereocenters. The minimum Gasteiger partial charge on any atom is -0.324 e. The van der Waals surface area contributed by atoms with Gasteiger partial charge in [-0.1, -0.05) is 12.1 Å². The van der Waals surface area contributed by atoms with Crippen LogP contribution in [0.4, 0.5) is 14.5 Å². The maximum Gasteiger partial charge on any atom is 0.240 e. The minimum atomic E-state index is -3.75. The lowest BCUT2D eigenvalue weighted by Gasteiger charge is -2.08. The average Bonchev–Trinajstić information content (AvgIpc) is 2.54. The van der Waals surface area contributed by atoms with Crippen molar-refractivity contribution in [1.29, 1.82) is 0 Å². The van der Waals surface area contributed by atoms with E-state index in [2.05, 4.69) is 10.0 Å². The number of hydrogen-bond acceptors (Lipinski definition) is 3. The number of benzene rings is 2. The van der Waals surface area contributed by atoms with Crippen LogP contribution in [0.25, 0.3) is 0 Å². The van der Waals surface area contributed by atoms with Crippen LogP contribution in [0.3, 0.4) is 0 Å². The van der Waals surface area contributed by atoms with Crippen LogP contribution in [0.15, 0.2) is 53.4 Å². The molecule has 0 aliphatic heterocycles. The van der Waals surface area contributed by atoms with E-state index in [-0.39, 0.29) is 30.0 Å². The van der Waals surface area contributed by atoms with Crippen LogP contribution in [0, 0.1) is 11.6 Å². The predicted octanol–water partition coefficient (Wildman–Crippen LogP) is 2.66. The molecule has 2 rings (SSSR count). The van der Waals surface area contributed by atoms with Crippen LogP contribution in [-0.2, 0) is 14.8 Å². The summed E-state index contributed by atoms with van der Waals surface area (Å²) in [4.78, 5) is 11.6. The van der Waals surface area contributed by atoms with Crippen molar-refractivity contribution in [2.45, 2.75) is 17.7 Å². The summed E-state index contributed by atoms with van der Waals surface area (Å²) in [5.74, 6) is -1.48. The molecule has 0 spiro atoms. The Morgan fingerprint density at radius 3 is 2.33 bits per heavy atom. The smallest absolute Gasteiger partial charge is 0.240 e. The Morgan fingerprint density at radius 2 is 1.67 bits per heavy atom. The standard InChI is InChI=1S/C16H16F2N2O3S/c17-12-7-9-13(10-8-12)24(22,23)19-11-3-6-16(21)20-15-5-2-1-4-14(15)18/h1-2,4-5,7-10,19H,3,6,11H2,(H,20,21). The molecule has 2 N–H and O–H groups in total. The fourth-order valence-corrected chi connectivity index (χ4v) is 3.00. The topological polar surface area (TPSA) is 75.3 Å². The van der Waals surface area contributed by atoms with Crippen molar-refractivity contribution in [3.63, 3.8) is 0 Å². The normalized spacial score (nSPS) is 11.2. The first-order valence-corrected chi connectivity index (χ1v) is 8.66. The molecule has 0 aliphatic rings. The highest BCUT2D eigenvalue weighted by atomic mass is 32.2. The molecular formula is C16H16F2N2O3S. The molecule has 0 fully saturated rings. The van der Waals surface area contributed by atoms with E-state index in [1.807, 2.05) is 0 Å². The molecular weight excluding hydrogens is 338 g/mol. The van der Waals surface area contributed by atoms with Gasteiger partial charge in [0, 0.05) is 13.0 Å². The first kappa shape index (κ1) is 18.0. The zero-order valence-electron chi connectivity index (χ0n) is 12.6. The minimum absolute atomic E-state index is 0.0280. The van der Waals surface area contributed by atoms with Crippen LogP contribution in [0.1, 0.15) is 12.8 Å². The summed E-state index contributed by atoms with van der Waals surface area (Å²) >= 11 is 0. The van der Waals surface area contributed by atoms with Gasteiger partial charge in [-0.15, -0.1) is 0 Å². The molecule has 128 valence electrons. The van der Waals surface area contributed by atoms with E-state index in [9.17, 15) is 22.0 Å². The summed E-state index contributed by atoms with van der Waals surface area (Å²) in [7, 11) is -3.75. The van der Waals surface area contributed by atoms with Crippen LogP contribution in [-0.4, -0.2) is 20.9 Å². The van der Waals surface area contributed by atoms with Gasteiger partial charge in [0.2, 0.25) is 15.9 Å². The van der Waals surface area contributed by atoms with Crippen molar-refractivity contribution in [3.05, 3.63) is 60.2 Å². The van der Waals surface area contributed by atoms with Crippen molar-refractivity contribution >= 4 is 21.6 Å². The van der Waals surface area contributed by atoms with Crippen LogP contribution in [0.5, 0.6) is 0 Å². The van der Waals surface area contributed by atoms with E-state index >= 15 is 0 Å². The van der Waals surface area contributed by atoms with E-state index in [1.165, 1.54) is 18.2 Å². The number of sulfonamides is 1. The number of halogens is 2. The number of rotatable bonds is 7. The van der Waals surface area contributed by atoms with E-state index in [0.717, 1.165) is 24.3 Å². The molecule has 0 radical (unpaired) electrons. The fourth-order valence-electron chi connectivity index (χ4n) is 1.93. The summed E-state index contributed by atoms with van der Waals surface area (Å²) in [6.45, 7) is 0.0321. The van der Waals surface area contributed by atoms with Crippen LogP contribution < -0.4 is 10.0 Å². The molecule has 0 atom stereocenters. The predicted molar refractivity (Wildman–Crippen MR) is 85.9 cm³/mol. The Labute approximate surface area is 138 Å². The molecule has 5 nitrogen and oxygen atoms in total. The van der Waals surface area contributed by atoms with Gasteiger partial charge in [0.15, 0.2) is 0 Å². The second-order valence-electron chi connectivity index (χ2n) is 4.98. The number of amides is 1. The van der Waals surface area contributed by atoms with Crippen molar-refractivity contribution < 1.29 is 22.0 Å². The SMILES string of the molecule is O=C(CCCNS(=O)(=O)c1ccc(F)cc1)Nc1ccccc1F. The molecule has 2 aromatic rings. The average molecular weight is 354 g/mol. The number of hydrogen-bond donors (Lipinski definition) is 2. The number of carbonyl (C=O) groups is 1. The Morgan fingerprint density at radius 1 is 1.00 bits per heavy atom.